The largest absolute Gasteiger partial charge is 0.493 e. The van der Waals surface area contributed by atoms with E-state index in [-0.39, 0.29) is 4.21 Å². The topological polar surface area (TPSA) is 81.7 Å². The number of ether oxygens (including phenoxy) is 2. The number of nitrogens with one attached hydrogen (secondary N) is 1. The first-order valence-electron chi connectivity index (χ1n) is 5.88. The third kappa shape index (κ3) is 3.96. The fourth-order valence-corrected chi connectivity index (χ4v) is 3.49. The molecule has 0 atom stereocenters. The average molecular weight is 327 g/mol. The van der Waals surface area contributed by atoms with E-state index in [9.17, 15) is 13.2 Å². The lowest BCUT2D eigenvalue weighted by Crippen LogP contribution is -2.34. The van der Waals surface area contributed by atoms with E-state index >= 15 is 0 Å². The molecule has 0 aliphatic carbocycles. The van der Waals surface area contributed by atoms with Crippen LogP contribution < -0.4 is 14.2 Å². The predicted molar refractivity (Wildman–Crippen MR) is 78.1 cm³/mol. The molecule has 112 valence electrons. The van der Waals surface area contributed by atoms with Gasteiger partial charge in [-0.05, 0) is 23.6 Å². The molecular formula is C13H13NO5S2. The Morgan fingerprint density at radius 2 is 1.90 bits per heavy atom. The molecule has 21 heavy (non-hydrogen) atoms. The lowest BCUT2D eigenvalue weighted by atomic mass is 10.3. The number of methoxy groups -OCH3 is 1. The van der Waals surface area contributed by atoms with Gasteiger partial charge in [-0.25, -0.2) is 13.1 Å². The highest BCUT2D eigenvalue weighted by molar-refractivity contribution is 7.92. The van der Waals surface area contributed by atoms with Crippen molar-refractivity contribution in [1.82, 2.24) is 4.72 Å². The molecule has 8 heteroatoms. The highest BCUT2D eigenvalue weighted by Crippen LogP contribution is 2.25. The minimum absolute atomic E-state index is 0.0770. The van der Waals surface area contributed by atoms with Gasteiger partial charge < -0.3 is 9.47 Å². The van der Waals surface area contributed by atoms with Crippen molar-refractivity contribution in [1.29, 1.82) is 0 Å². The third-order valence-electron chi connectivity index (χ3n) is 2.44. The maximum atomic E-state index is 11.8. The predicted octanol–water partition coefficient (Wildman–Crippen LogP) is 1.64. The maximum absolute atomic E-state index is 11.8. The Morgan fingerprint density at radius 1 is 1.19 bits per heavy atom. The minimum Gasteiger partial charge on any atom is -0.493 e. The monoisotopic (exact) mass is 327 g/mol. The quantitative estimate of drug-likeness (QED) is 0.872. The van der Waals surface area contributed by atoms with Crippen LogP contribution >= 0.6 is 11.3 Å². The van der Waals surface area contributed by atoms with Gasteiger partial charge in [0, 0.05) is 0 Å². The molecule has 0 saturated carbocycles. The van der Waals surface area contributed by atoms with Gasteiger partial charge in [-0.2, -0.15) is 0 Å². The summed E-state index contributed by atoms with van der Waals surface area (Å²) in [6, 6.07) is 9.79. The zero-order valence-electron chi connectivity index (χ0n) is 11.1. The van der Waals surface area contributed by atoms with Gasteiger partial charge >= 0.3 is 0 Å². The van der Waals surface area contributed by atoms with Crippen LogP contribution in [-0.2, 0) is 14.8 Å². The number of amides is 1. The van der Waals surface area contributed by atoms with E-state index in [1.165, 1.54) is 13.2 Å². The molecule has 2 rings (SSSR count). The summed E-state index contributed by atoms with van der Waals surface area (Å²) in [6.07, 6.45) is 0. The zero-order chi connectivity index (χ0) is 15.3. The van der Waals surface area contributed by atoms with E-state index in [0.717, 1.165) is 11.3 Å². The van der Waals surface area contributed by atoms with E-state index < -0.39 is 22.5 Å². The van der Waals surface area contributed by atoms with E-state index in [2.05, 4.69) is 0 Å². The lowest BCUT2D eigenvalue weighted by Gasteiger charge is -2.10. The number of sulfonamides is 1. The van der Waals surface area contributed by atoms with E-state index in [1.54, 1.807) is 35.7 Å². The summed E-state index contributed by atoms with van der Waals surface area (Å²) in [7, 11) is -2.35. The zero-order valence-corrected chi connectivity index (χ0v) is 12.7. The molecule has 1 heterocycles. The van der Waals surface area contributed by atoms with Crippen LogP contribution in [-0.4, -0.2) is 28.0 Å². The van der Waals surface area contributed by atoms with Crippen molar-refractivity contribution >= 4 is 27.3 Å². The molecule has 0 aliphatic rings. The standard InChI is InChI=1S/C13H13NO5S2/c1-18-10-5-2-3-6-11(10)19-9-12(15)14-21(16,17)13-7-4-8-20-13/h2-8H,9H2,1H3,(H,14,15). The van der Waals surface area contributed by atoms with Crippen LogP contribution in [0.3, 0.4) is 0 Å². The van der Waals surface area contributed by atoms with Crippen LogP contribution in [0.1, 0.15) is 0 Å². The van der Waals surface area contributed by atoms with Gasteiger partial charge in [0.25, 0.3) is 15.9 Å². The first-order chi connectivity index (χ1) is 10.0. The second-order valence-electron chi connectivity index (χ2n) is 3.90. The molecule has 0 spiro atoms. The first-order valence-corrected chi connectivity index (χ1v) is 8.24. The number of hydrogen-bond donors (Lipinski definition) is 1. The number of carbonyl (C=O) groups is 1. The van der Waals surface area contributed by atoms with E-state index in [1.807, 2.05) is 4.72 Å². The number of hydrogen-bond acceptors (Lipinski definition) is 6. The van der Waals surface area contributed by atoms with Crippen molar-refractivity contribution in [3.8, 4) is 11.5 Å². The summed E-state index contributed by atoms with van der Waals surface area (Å²) in [4.78, 5) is 11.7. The summed E-state index contributed by atoms with van der Waals surface area (Å²) in [6.45, 7) is -0.426. The molecule has 1 N–H and O–H groups in total. The van der Waals surface area contributed by atoms with Crippen LogP contribution in [0.15, 0.2) is 46.0 Å². The second kappa shape index (κ2) is 6.59. The molecule has 0 unspecified atom stereocenters. The summed E-state index contributed by atoms with van der Waals surface area (Å²) >= 11 is 1.03. The van der Waals surface area contributed by atoms with Crippen molar-refractivity contribution in [3.05, 3.63) is 41.8 Å². The molecule has 0 aliphatic heterocycles. The van der Waals surface area contributed by atoms with Crippen molar-refractivity contribution in [2.24, 2.45) is 0 Å². The van der Waals surface area contributed by atoms with Crippen LogP contribution in [0.2, 0.25) is 0 Å². The van der Waals surface area contributed by atoms with Gasteiger partial charge in [-0.15, -0.1) is 11.3 Å². The molecule has 1 aromatic heterocycles. The van der Waals surface area contributed by atoms with Crippen LogP contribution in [0.4, 0.5) is 0 Å². The van der Waals surface area contributed by atoms with Crippen LogP contribution in [0, 0.1) is 0 Å². The van der Waals surface area contributed by atoms with Crippen molar-refractivity contribution in [2.75, 3.05) is 13.7 Å². The van der Waals surface area contributed by atoms with Crippen molar-refractivity contribution in [2.45, 2.75) is 4.21 Å². The smallest absolute Gasteiger partial charge is 0.273 e. The molecule has 6 nitrogen and oxygen atoms in total. The van der Waals surface area contributed by atoms with Gasteiger partial charge in [0.05, 0.1) is 7.11 Å². The van der Waals surface area contributed by atoms with E-state index in [4.69, 9.17) is 9.47 Å². The Kier molecular flexibility index (Phi) is 4.81. The molecule has 0 bridgehead atoms. The normalized spacial score (nSPS) is 10.9. The molecule has 0 saturated heterocycles. The van der Waals surface area contributed by atoms with E-state index in [0.29, 0.717) is 11.5 Å². The van der Waals surface area contributed by atoms with Gasteiger partial charge in [-0.3, -0.25) is 4.79 Å². The Labute approximate surface area is 126 Å². The fraction of sp³-hybridized carbons (Fsp3) is 0.154. The Balaban J connectivity index is 1.97. The Morgan fingerprint density at radius 3 is 2.52 bits per heavy atom. The summed E-state index contributed by atoms with van der Waals surface area (Å²) < 4.78 is 36.0. The fourth-order valence-electron chi connectivity index (χ4n) is 1.53. The van der Waals surface area contributed by atoms with Gasteiger partial charge in [0.1, 0.15) is 4.21 Å². The van der Waals surface area contributed by atoms with Crippen molar-refractivity contribution in [3.63, 3.8) is 0 Å². The molecular weight excluding hydrogens is 314 g/mol. The molecule has 2 aromatic rings. The number of benzene rings is 1. The minimum atomic E-state index is -3.83. The highest BCUT2D eigenvalue weighted by Gasteiger charge is 2.19. The summed E-state index contributed by atoms with van der Waals surface area (Å²) in [5.74, 6) is 0.0735. The van der Waals surface area contributed by atoms with Gasteiger partial charge in [0.15, 0.2) is 18.1 Å². The van der Waals surface area contributed by atoms with Gasteiger partial charge in [-0.1, -0.05) is 18.2 Å². The molecule has 1 aromatic carbocycles. The summed E-state index contributed by atoms with van der Waals surface area (Å²) in [5.41, 5.74) is 0. The number of carbonyl (C=O) groups excluding carboxylic acids is 1. The summed E-state index contributed by atoms with van der Waals surface area (Å²) in [5, 5.41) is 1.62. The highest BCUT2D eigenvalue weighted by atomic mass is 32.2. The maximum Gasteiger partial charge on any atom is 0.273 e. The number of rotatable bonds is 6. The SMILES string of the molecule is COc1ccccc1OCC(=O)NS(=O)(=O)c1cccs1. The average Bonchev–Trinajstić information content (AvgIpc) is 3.00. The molecule has 1 amide bonds. The molecule has 0 radical (unpaired) electrons. The lowest BCUT2D eigenvalue weighted by molar-refractivity contribution is -0.121. The van der Waals surface area contributed by atoms with Crippen LogP contribution in [0.25, 0.3) is 0 Å². The number of para-hydroxylation sites is 2. The number of thiophene rings is 1. The Hall–Kier alpha value is -2.06. The van der Waals surface area contributed by atoms with Crippen molar-refractivity contribution < 1.29 is 22.7 Å². The second-order valence-corrected chi connectivity index (χ2v) is 6.76. The third-order valence-corrected chi connectivity index (χ3v) is 5.21. The van der Waals surface area contributed by atoms with Crippen LogP contribution in [0.5, 0.6) is 11.5 Å². The molecule has 0 fully saturated rings. The first kappa shape index (κ1) is 15.3. The van der Waals surface area contributed by atoms with Gasteiger partial charge in [0.2, 0.25) is 0 Å². The Bertz CT molecular complexity index is 710.